The molecule has 0 saturated heterocycles. The molecule has 1 aromatic heterocycles. The molecule has 2 rings (SSSR count). The molecule has 0 fully saturated rings. The number of aliphatic carboxylic acids is 1. The van der Waals surface area contributed by atoms with E-state index in [9.17, 15) is 19.8 Å². The van der Waals surface area contributed by atoms with Crippen molar-refractivity contribution in [2.75, 3.05) is 34.4 Å². The van der Waals surface area contributed by atoms with Crippen LogP contribution in [0.5, 0.6) is 5.75 Å². The number of esters is 2. The highest BCUT2D eigenvalue weighted by molar-refractivity contribution is 5.98. The first kappa shape index (κ1) is 27.8. The number of hydrogen-bond acceptors (Lipinski definition) is 10. The Labute approximate surface area is 190 Å². The van der Waals surface area contributed by atoms with Gasteiger partial charge in [0, 0.05) is 39.1 Å². The minimum absolute atomic E-state index is 0.0658. The fourth-order valence-electron chi connectivity index (χ4n) is 2.75. The highest BCUT2D eigenvalue weighted by Crippen LogP contribution is 2.31. The zero-order valence-corrected chi connectivity index (χ0v) is 18.9. The quantitative estimate of drug-likeness (QED) is 0.236. The van der Waals surface area contributed by atoms with Crippen molar-refractivity contribution < 1.29 is 48.7 Å². The Morgan fingerprint density at radius 1 is 1.12 bits per heavy atom. The van der Waals surface area contributed by atoms with Gasteiger partial charge in [0.15, 0.2) is 13.6 Å². The number of carboxylic acids is 1. The molecule has 33 heavy (non-hydrogen) atoms. The number of hydrogen-bond donors (Lipinski definition) is 5. The van der Waals surface area contributed by atoms with Crippen molar-refractivity contribution in [3.8, 4) is 5.75 Å². The van der Waals surface area contributed by atoms with E-state index in [1.165, 1.54) is 26.4 Å². The molecule has 2 aromatic rings. The number of fused-ring (bicyclic) bond motifs is 1. The monoisotopic (exact) mass is 470 g/mol. The molecule has 1 heterocycles. The summed E-state index contributed by atoms with van der Waals surface area (Å²) in [5.41, 5.74) is 0.929. The molecule has 0 saturated carbocycles. The minimum atomic E-state index is -0.950. The van der Waals surface area contributed by atoms with Gasteiger partial charge in [-0.25, -0.2) is 4.79 Å². The van der Waals surface area contributed by atoms with Crippen molar-refractivity contribution >= 4 is 28.8 Å². The topological polar surface area (TPSA) is 177 Å². The molecule has 0 aliphatic heterocycles. The number of benzene rings is 1. The molecule has 0 spiro atoms. The average molecular weight is 470 g/mol. The Bertz CT molecular complexity index is 923. The number of methoxy groups -OCH3 is 2. The number of aromatic amines is 1. The van der Waals surface area contributed by atoms with Gasteiger partial charge in [0.2, 0.25) is 0 Å². The van der Waals surface area contributed by atoms with Gasteiger partial charge in [0.1, 0.15) is 11.4 Å². The van der Waals surface area contributed by atoms with Gasteiger partial charge in [0.05, 0.1) is 18.0 Å². The number of aromatic nitrogens is 1. The number of carbonyl (C=O) groups excluding carboxylic acids is 2. The molecule has 0 aliphatic rings. The van der Waals surface area contributed by atoms with Crippen LogP contribution in [0.4, 0.5) is 0 Å². The number of nitrogens with one attached hydrogen (secondary N) is 2. The van der Waals surface area contributed by atoms with Crippen molar-refractivity contribution in [1.29, 1.82) is 0 Å². The molecular weight excluding hydrogens is 440 g/mol. The van der Waals surface area contributed by atoms with E-state index in [4.69, 9.17) is 24.1 Å². The highest BCUT2D eigenvalue weighted by atomic mass is 16.7. The standard InChI is InChI=1S/C19H26N2O8.C2H4O2/c1-11(6-17(24)28-9-26-2)20-8-16(23)12-4-5-15(22)18-13(12)7-14(21-18)19(25)29-10-27-3;1-2(3)4/h4-5,7,11,16,20-23H,6,8-10H2,1-3H3;1H3,(H,3,4). The van der Waals surface area contributed by atoms with Crippen molar-refractivity contribution in [3.63, 3.8) is 0 Å². The summed E-state index contributed by atoms with van der Waals surface area (Å²) in [5.74, 6) is -1.97. The summed E-state index contributed by atoms with van der Waals surface area (Å²) < 4.78 is 19.1. The summed E-state index contributed by atoms with van der Waals surface area (Å²) in [4.78, 5) is 35.4. The highest BCUT2D eigenvalue weighted by Gasteiger charge is 2.20. The second kappa shape index (κ2) is 14.1. The van der Waals surface area contributed by atoms with Crippen LogP contribution in [0.1, 0.15) is 42.4 Å². The van der Waals surface area contributed by atoms with E-state index < -0.39 is 24.0 Å². The molecule has 0 aliphatic carbocycles. The van der Waals surface area contributed by atoms with Crippen LogP contribution >= 0.6 is 0 Å². The third-order valence-electron chi connectivity index (χ3n) is 4.16. The van der Waals surface area contributed by atoms with Crippen LogP contribution in [0.15, 0.2) is 18.2 Å². The number of aliphatic hydroxyl groups excluding tert-OH is 1. The fourth-order valence-corrected chi connectivity index (χ4v) is 2.75. The van der Waals surface area contributed by atoms with Crippen molar-refractivity contribution in [1.82, 2.24) is 10.3 Å². The Balaban J connectivity index is 0.00000125. The van der Waals surface area contributed by atoms with Crippen LogP contribution in [0.3, 0.4) is 0 Å². The summed E-state index contributed by atoms with van der Waals surface area (Å²) >= 11 is 0. The number of phenols is 1. The normalized spacial score (nSPS) is 12.4. The second-order valence-electron chi connectivity index (χ2n) is 6.96. The Hall–Kier alpha value is -3.19. The smallest absolute Gasteiger partial charge is 0.356 e. The summed E-state index contributed by atoms with van der Waals surface area (Å²) in [5, 5.41) is 31.6. The Kier molecular flexibility index (Phi) is 11.9. The van der Waals surface area contributed by atoms with Gasteiger partial charge in [-0.15, -0.1) is 0 Å². The van der Waals surface area contributed by atoms with Crippen LogP contribution in [0.2, 0.25) is 0 Å². The predicted molar refractivity (Wildman–Crippen MR) is 116 cm³/mol. The maximum atomic E-state index is 12.0. The fraction of sp³-hybridized carbons (Fsp3) is 0.476. The largest absolute Gasteiger partial charge is 0.506 e. The summed E-state index contributed by atoms with van der Waals surface area (Å²) in [7, 11) is 2.82. The summed E-state index contributed by atoms with van der Waals surface area (Å²) in [6, 6.07) is 4.25. The molecule has 2 atom stereocenters. The Morgan fingerprint density at radius 2 is 1.73 bits per heavy atom. The van der Waals surface area contributed by atoms with Gasteiger partial charge in [-0.3, -0.25) is 9.59 Å². The molecule has 184 valence electrons. The molecule has 12 heteroatoms. The zero-order chi connectivity index (χ0) is 25.0. The number of aromatic hydroxyl groups is 1. The number of phenolic OH excluding ortho intramolecular Hbond substituents is 1. The number of carbonyl (C=O) groups is 3. The van der Waals surface area contributed by atoms with E-state index in [0.717, 1.165) is 6.92 Å². The van der Waals surface area contributed by atoms with E-state index in [1.807, 2.05) is 0 Å². The van der Waals surface area contributed by atoms with Gasteiger partial charge < -0.3 is 44.6 Å². The average Bonchev–Trinajstić information content (AvgIpc) is 3.20. The molecule has 0 radical (unpaired) electrons. The van der Waals surface area contributed by atoms with Gasteiger partial charge in [0.25, 0.3) is 5.97 Å². The molecule has 12 nitrogen and oxygen atoms in total. The van der Waals surface area contributed by atoms with E-state index >= 15 is 0 Å². The maximum Gasteiger partial charge on any atom is 0.356 e. The number of ether oxygens (including phenoxy) is 4. The number of H-pyrrole nitrogens is 1. The molecule has 2 unspecified atom stereocenters. The molecule has 0 bridgehead atoms. The summed E-state index contributed by atoms with van der Waals surface area (Å²) in [6.07, 6.45) is -0.838. The van der Waals surface area contributed by atoms with E-state index in [0.29, 0.717) is 16.5 Å². The molecule has 5 N–H and O–H groups in total. The lowest BCUT2D eigenvalue weighted by Gasteiger charge is -2.17. The van der Waals surface area contributed by atoms with Crippen LogP contribution in [-0.2, 0) is 28.5 Å². The lowest BCUT2D eigenvalue weighted by atomic mass is 10.0. The number of aliphatic hydroxyl groups is 1. The minimum Gasteiger partial charge on any atom is -0.506 e. The van der Waals surface area contributed by atoms with E-state index in [1.54, 1.807) is 13.0 Å². The third kappa shape index (κ3) is 9.45. The SMILES string of the molecule is CC(=O)O.COCOC(=O)CC(C)NCC(O)c1ccc(O)c2[nH]c(C(=O)OCOC)cc12. The van der Waals surface area contributed by atoms with Gasteiger partial charge in [-0.1, -0.05) is 6.07 Å². The van der Waals surface area contributed by atoms with Crippen molar-refractivity contribution in [2.45, 2.75) is 32.4 Å². The van der Waals surface area contributed by atoms with E-state index in [2.05, 4.69) is 15.0 Å². The number of carboxylic acid groups (broad SMARTS) is 1. The third-order valence-corrected chi connectivity index (χ3v) is 4.16. The van der Waals surface area contributed by atoms with Gasteiger partial charge >= 0.3 is 11.9 Å². The lowest BCUT2D eigenvalue weighted by molar-refractivity contribution is -0.154. The maximum absolute atomic E-state index is 12.0. The molecule has 1 aromatic carbocycles. The Morgan fingerprint density at radius 3 is 2.33 bits per heavy atom. The molecule has 0 amide bonds. The molecular formula is C21H30N2O10. The van der Waals surface area contributed by atoms with Crippen LogP contribution in [-0.4, -0.2) is 78.6 Å². The van der Waals surface area contributed by atoms with Crippen molar-refractivity contribution in [3.05, 3.63) is 29.5 Å². The van der Waals surface area contributed by atoms with E-state index in [-0.39, 0.29) is 44.0 Å². The first-order valence-electron chi connectivity index (χ1n) is 9.86. The van der Waals surface area contributed by atoms with Crippen LogP contribution in [0, 0.1) is 0 Å². The van der Waals surface area contributed by atoms with Crippen molar-refractivity contribution in [2.24, 2.45) is 0 Å². The zero-order valence-electron chi connectivity index (χ0n) is 18.9. The number of rotatable bonds is 11. The van der Waals surface area contributed by atoms with Gasteiger partial charge in [-0.2, -0.15) is 0 Å². The first-order chi connectivity index (χ1) is 15.6. The van der Waals surface area contributed by atoms with Crippen LogP contribution < -0.4 is 5.32 Å². The summed E-state index contributed by atoms with van der Waals surface area (Å²) in [6.45, 7) is 2.70. The lowest BCUT2D eigenvalue weighted by Crippen LogP contribution is -2.32. The predicted octanol–water partition coefficient (Wildman–Crippen LogP) is 1.27. The second-order valence-corrected chi connectivity index (χ2v) is 6.96. The van der Waals surface area contributed by atoms with Gasteiger partial charge in [-0.05, 0) is 24.6 Å². The first-order valence-corrected chi connectivity index (χ1v) is 9.86. The van der Waals surface area contributed by atoms with Crippen LogP contribution in [0.25, 0.3) is 10.9 Å².